The Labute approximate surface area is 86.6 Å². The zero-order valence-corrected chi connectivity index (χ0v) is 9.11. The molecule has 4 heteroatoms. The van der Waals surface area contributed by atoms with Crippen molar-refractivity contribution in [2.75, 3.05) is 7.11 Å². The highest BCUT2D eigenvalue weighted by Crippen LogP contribution is 2.25. The van der Waals surface area contributed by atoms with Gasteiger partial charge in [-0.05, 0) is 12.1 Å². The van der Waals surface area contributed by atoms with Gasteiger partial charge in [0.05, 0.1) is 7.11 Å². The van der Waals surface area contributed by atoms with E-state index < -0.39 is 0 Å². The number of benzene rings is 1. The molecule has 12 heavy (non-hydrogen) atoms. The summed E-state index contributed by atoms with van der Waals surface area (Å²) >= 11 is 3.39. The SMILES string of the molecule is COc1cccc(Br)c1CN.Cl. The molecule has 0 atom stereocenters. The molecule has 0 heterocycles. The minimum absolute atomic E-state index is 0. The molecule has 0 aliphatic heterocycles. The Morgan fingerprint density at radius 1 is 1.50 bits per heavy atom. The highest BCUT2D eigenvalue weighted by atomic mass is 79.9. The van der Waals surface area contributed by atoms with Gasteiger partial charge in [0.1, 0.15) is 5.75 Å². The molecule has 0 saturated heterocycles. The van der Waals surface area contributed by atoms with Crippen LogP contribution in [0.25, 0.3) is 0 Å². The fourth-order valence-electron chi connectivity index (χ4n) is 0.928. The zero-order chi connectivity index (χ0) is 8.27. The van der Waals surface area contributed by atoms with Gasteiger partial charge < -0.3 is 10.5 Å². The van der Waals surface area contributed by atoms with E-state index >= 15 is 0 Å². The van der Waals surface area contributed by atoms with Crippen LogP contribution >= 0.6 is 28.3 Å². The van der Waals surface area contributed by atoms with Crippen LogP contribution in [0.4, 0.5) is 0 Å². The van der Waals surface area contributed by atoms with Crippen molar-refractivity contribution in [1.29, 1.82) is 0 Å². The highest BCUT2D eigenvalue weighted by molar-refractivity contribution is 9.10. The summed E-state index contributed by atoms with van der Waals surface area (Å²) in [6.45, 7) is 0.491. The molecule has 1 aromatic carbocycles. The third-order valence-corrected chi connectivity index (χ3v) is 2.24. The monoisotopic (exact) mass is 251 g/mol. The lowest BCUT2D eigenvalue weighted by molar-refractivity contribution is 0.409. The smallest absolute Gasteiger partial charge is 0.124 e. The second-order valence-corrected chi connectivity index (χ2v) is 2.98. The van der Waals surface area contributed by atoms with Gasteiger partial charge in [0.25, 0.3) is 0 Å². The molecule has 2 nitrogen and oxygen atoms in total. The second-order valence-electron chi connectivity index (χ2n) is 2.12. The summed E-state index contributed by atoms with van der Waals surface area (Å²) in [5.74, 6) is 0.835. The predicted octanol–water partition coefficient (Wildman–Crippen LogP) is 2.34. The Kier molecular flexibility index (Phi) is 5.29. The maximum atomic E-state index is 5.52. The first-order valence-corrected chi connectivity index (χ1v) is 4.10. The van der Waals surface area contributed by atoms with Crippen LogP contribution in [0.15, 0.2) is 22.7 Å². The van der Waals surface area contributed by atoms with Crippen LogP contribution in [0.5, 0.6) is 5.75 Å². The summed E-state index contributed by atoms with van der Waals surface area (Å²) in [7, 11) is 1.64. The van der Waals surface area contributed by atoms with Crippen molar-refractivity contribution in [2.24, 2.45) is 5.73 Å². The number of nitrogens with two attached hydrogens (primary N) is 1. The van der Waals surface area contributed by atoms with Crippen LogP contribution in [0.3, 0.4) is 0 Å². The summed E-state index contributed by atoms with van der Waals surface area (Å²) < 4.78 is 6.11. The minimum atomic E-state index is 0. The Bertz CT molecular complexity index is 255. The molecule has 1 aromatic rings. The van der Waals surface area contributed by atoms with Gasteiger partial charge in [0.2, 0.25) is 0 Å². The molecule has 0 aliphatic carbocycles. The quantitative estimate of drug-likeness (QED) is 0.877. The fraction of sp³-hybridized carbons (Fsp3) is 0.250. The number of hydrogen-bond acceptors (Lipinski definition) is 2. The summed E-state index contributed by atoms with van der Waals surface area (Å²) in [6.07, 6.45) is 0. The largest absolute Gasteiger partial charge is 0.496 e. The number of rotatable bonds is 2. The van der Waals surface area contributed by atoms with E-state index in [2.05, 4.69) is 15.9 Å². The van der Waals surface area contributed by atoms with Gasteiger partial charge in [-0.1, -0.05) is 22.0 Å². The number of halogens is 2. The molecule has 0 saturated carbocycles. The van der Waals surface area contributed by atoms with Gasteiger partial charge in [-0.3, -0.25) is 0 Å². The third-order valence-electron chi connectivity index (χ3n) is 1.50. The van der Waals surface area contributed by atoms with Crippen molar-refractivity contribution in [3.05, 3.63) is 28.2 Å². The van der Waals surface area contributed by atoms with Crippen molar-refractivity contribution >= 4 is 28.3 Å². The van der Waals surface area contributed by atoms with Crippen LogP contribution < -0.4 is 10.5 Å². The summed E-state index contributed by atoms with van der Waals surface area (Å²) in [5.41, 5.74) is 6.53. The first kappa shape index (κ1) is 11.8. The lowest BCUT2D eigenvalue weighted by Gasteiger charge is -2.07. The van der Waals surface area contributed by atoms with E-state index in [-0.39, 0.29) is 12.4 Å². The predicted molar refractivity (Wildman–Crippen MR) is 55.8 cm³/mol. The Hall–Kier alpha value is -0.250. The van der Waals surface area contributed by atoms with Gasteiger partial charge in [0.15, 0.2) is 0 Å². The van der Waals surface area contributed by atoms with Gasteiger partial charge in [-0.2, -0.15) is 0 Å². The van der Waals surface area contributed by atoms with E-state index in [1.807, 2.05) is 18.2 Å². The average Bonchev–Trinajstić information content (AvgIpc) is 2.04. The normalized spacial score (nSPS) is 8.92. The van der Waals surface area contributed by atoms with Crippen LogP contribution in [0.1, 0.15) is 5.56 Å². The summed E-state index contributed by atoms with van der Waals surface area (Å²) in [4.78, 5) is 0. The lowest BCUT2D eigenvalue weighted by Crippen LogP contribution is -2.00. The van der Waals surface area contributed by atoms with E-state index in [9.17, 15) is 0 Å². The first-order chi connectivity index (χ1) is 5.29. The Morgan fingerprint density at radius 3 is 2.58 bits per heavy atom. The molecule has 68 valence electrons. The molecule has 0 amide bonds. The maximum absolute atomic E-state index is 5.52. The van der Waals surface area contributed by atoms with E-state index in [0.29, 0.717) is 6.54 Å². The van der Waals surface area contributed by atoms with Gasteiger partial charge >= 0.3 is 0 Å². The molecule has 1 rings (SSSR count). The van der Waals surface area contributed by atoms with E-state index in [1.54, 1.807) is 7.11 Å². The van der Waals surface area contributed by atoms with Crippen molar-refractivity contribution in [3.63, 3.8) is 0 Å². The van der Waals surface area contributed by atoms with Crippen LogP contribution in [-0.4, -0.2) is 7.11 Å². The molecular formula is C8H11BrClNO. The molecular weight excluding hydrogens is 241 g/mol. The minimum Gasteiger partial charge on any atom is -0.496 e. The standard InChI is InChI=1S/C8H10BrNO.ClH/c1-11-8-4-2-3-7(9)6(8)5-10;/h2-4H,5,10H2,1H3;1H. The molecule has 0 unspecified atom stereocenters. The lowest BCUT2D eigenvalue weighted by atomic mass is 10.2. The molecule has 0 radical (unpaired) electrons. The summed E-state index contributed by atoms with van der Waals surface area (Å²) in [5, 5.41) is 0. The van der Waals surface area contributed by atoms with Gasteiger partial charge in [-0.25, -0.2) is 0 Å². The van der Waals surface area contributed by atoms with Gasteiger partial charge in [0, 0.05) is 16.6 Å². The maximum Gasteiger partial charge on any atom is 0.124 e. The third kappa shape index (κ3) is 2.37. The molecule has 0 bridgehead atoms. The Balaban J connectivity index is 0.00000121. The molecule has 2 N–H and O–H groups in total. The molecule has 0 spiro atoms. The number of ether oxygens (including phenoxy) is 1. The summed E-state index contributed by atoms with van der Waals surface area (Å²) in [6, 6.07) is 5.76. The van der Waals surface area contributed by atoms with E-state index in [4.69, 9.17) is 10.5 Å². The zero-order valence-electron chi connectivity index (χ0n) is 6.71. The second kappa shape index (κ2) is 5.41. The van der Waals surface area contributed by atoms with E-state index in [0.717, 1.165) is 15.8 Å². The first-order valence-electron chi connectivity index (χ1n) is 3.31. The Morgan fingerprint density at radius 2 is 2.17 bits per heavy atom. The molecule has 0 aliphatic rings. The average molecular weight is 253 g/mol. The van der Waals surface area contributed by atoms with Crippen molar-refractivity contribution in [3.8, 4) is 5.75 Å². The molecule has 0 fully saturated rings. The highest BCUT2D eigenvalue weighted by Gasteiger charge is 2.03. The van der Waals surface area contributed by atoms with Crippen molar-refractivity contribution < 1.29 is 4.74 Å². The van der Waals surface area contributed by atoms with Gasteiger partial charge in [-0.15, -0.1) is 12.4 Å². The molecule has 0 aromatic heterocycles. The van der Waals surface area contributed by atoms with Crippen LogP contribution in [0.2, 0.25) is 0 Å². The van der Waals surface area contributed by atoms with E-state index in [1.165, 1.54) is 0 Å². The number of hydrogen-bond donors (Lipinski definition) is 1. The van der Waals surface area contributed by atoms with Crippen molar-refractivity contribution in [1.82, 2.24) is 0 Å². The number of methoxy groups -OCH3 is 1. The van der Waals surface area contributed by atoms with Crippen LogP contribution in [-0.2, 0) is 6.54 Å². The van der Waals surface area contributed by atoms with Crippen molar-refractivity contribution in [2.45, 2.75) is 6.54 Å². The van der Waals surface area contributed by atoms with Crippen LogP contribution in [0, 0.1) is 0 Å². The fourth-order valence-corrected chi connectivity index (χ4v) is 1.44. The topological polar surface area (TPSA) is 35.2 Å².